The van der Waals surface area contributed by atoms with Crippen molar-refractivity contribution in [1.29, 1.82) is 0 Å². The normalized spacial score (nSPS) is 18.2. The zero-order chi connectivity index (χ0) is 17.8. The molecule has 3 rings (SSSR count). The van der Waals surface area contributed by atoms with Crippen molar-refractivity contribution in [2.45, 2.75) is 11.7 Å². The number of carbonyl (C=O) groups is 2. The second-order valence-corrected chi connectivity index (χ2v) is 6.41. The number of nitrogens with one attached hydrogen (secondary N) is 2. The van der Waals surface area contributed by atoms with Crippen molar-refractivity contribution in [3.63, 3.8) is 0 Å². The molecule has 5 nitrogen and oxygen atoms in total. The Bertz CT molecular complexity index is 840. The molecular formula is C17H13F2N3O2S. The molecule has 0 spiro atoms. The highest BCUT2D eigenvalue weighted by atomic mass is 32.2. The van der Waals surface area contributed by atoms with E-state index in [0.29, 0.717) is 10.9 Å². The smallest absolute Gasteiger partial charge is 0.240 e. The minimum absolute atomic E-state index is 0.0658. The largest absolute Gasteiger partial charge is 0.324 e. The summed E-state index contributed by atoms with van der Waals surface area (Å²) in [6.45, 7) is 0. The average Bonchev–Trinajstić information content (AvgIpc) is 2.91. The van der Waals surface area contributed by atoms with E-state index in [0.717, 1.165) is 11.8 Å². The fourth-order valence-electron chi connectivity index (χ4n) is 2.16. The van der Waals surface area contributed by atoms with Crippen molar-refractivity contribution in [3.05, 3.63) is 60.2 Å². The number of anilines is 1. The number of para-hydroxylation sites is 1. The van der Waals surface area contributed by atoms with E-state index in [1.807, 2.05) is 0 Å². The van der Waals surface area contributed by atoms with E-state index >= 15 is 0 Å². The Balaban J connectivity index is 1.62. The van der Waals surface area contributed by atoms with Crippen molar-refractivity contribution in [2.75, 3.05) is 5.32 Å². The number of hydrogen-bond donors (Lipinski definition) is 2. The van der Waals surface area contributed by atoms with Crippen LogP contribution in [0.5, 0.6) is 0 Å². The van der Waals surface area contributed by atoms with E-state index in [4.69, 9.17) is 0 Å². The maximum Gasteiger partial charge on any atom is 0.240 e. The fourth-order valence-corrected chi connectivity index (χ4v) is 3.15. The van der Waals surface area contributed by atoms with Gasteiger partial charge in [-0.15, -0.1) is 0 Å². The fraction of sp³-hybridized carbons (Fsp3) is 0.118. The molecule has 0 unspecified atom stereocenters. The Labute approximate surface area is 146 Å². The van der Waals surface area contributed by atoms with Gasteiger partial charge in [0.1, 0.15) is 16.9 Å². The number of carbonyl (C=O) groups excluding carboxylic acids is 2. The number of benzene rings is 2. The number of amides is 2. The highest BCUT2D eigenvalue weighted by molar-refractivity contribution is 8.15. The molecule has 8 heteroatoms. The summed E-state index contributed by atoms with van der Waals surface area (Å²) in [5.74, 6) is -1.75. The Hall–Kier alpha value is -2.74. The van der Waals surface area contributed by atoms with Gasteiger partial charge in [-0.2, -0.15) is 0 Å². The van der Waals surface area contributed by atoms with Crippen LogP contribution in [-0.4, -0.2) is 22.2 Å². The molecule has 2 amide bonds. The van der Waals surface area contributed by atoms with Gasteiger partial charge in [-0.3, -0.25) is 9.59 Å². The van der Waals surface area contributed by atoms with Crippen LogP contribution in [0, 0.1) is 11.6 Å². The van der Waals surface area contributed by atoms with E-state index in [9.17, 15) is 18.4 Å². The lowest BCUT2D eigenvalue weighted by atomic mass is 10.2. The summed E-state index contributed by atoms with van der Waals surface area (Å²) in [4.78, 5) is 28.2. The number of halogens is 2. The van der Waals surface area contributed by atoms with E-state index in [1.165, 1.54) is 42.5 Å². The highest BCUT2D eigenvalue weighted by Crippen LogP contribution is 2.26. The third-order valence-electron chi connectivity index (χ3n) is 3.35. The number of thioether (sulfide) groups is 1. The monoisotopic (exact) mass is 361 g/mol. The molecule has 1 atom stereocenters. The van der Waals surface area contributed by atoms with Crippen molar-refractivity contribution >= 4 is 40.1 Å². The van der Waals surface area contributed by atoms with Crippen LogP contribution in [0.4, 0.5) is 20.2 Å². The van der Waals surface area contributed by atoms with Crippen LogP contribution in [0.15, 0.2) is 53.5 Å². The molecule has 0 aromatic heterocycles. The van der Waals surface area contributed by atoms with Gasteiger partial charge in [-0.05, 0) is 36.4 Å². The minimum Gasteiger partial charge on any atom is -0.324 e. The molecule has 1 aliphatic rings. The number of nitrogens with zero attached hydrogens (tertiary/aromatic N) is 1. The van der Waals surface area contributed by atoms with E-state index < -0.39 is 17.0 Å². The number of hydrogen-bond acceptors (Lipinski definition) is 4. The zero-order valence-corrected chi connectivity index (χ0v) is 13.6. The third-order valence-corrected chi connectivity index (χ3v) is 4.43. The van der Waals surface area contributed by atoms with E-state index in [2.05, 4.69) is 15.6 Å². The van der Waals surface area contributed by atoms with Crippen molar-refractivity contribution in [3.8, 4) is 0 Å². The van der Waals surface area contributed by atoms with Gasteiger partial charge in [-0.1, -0.05) is 23.9 Å². The molecule has 2 aromatic rings. The molecule has 0 aliphatic carbocycles. The molecule has 1 heterocycles. The quantitative estimate of drug-likeness (QED) is 0.878. The lowest BCUT2D eigenvalue weighted by Gasteiger charge is -2.08. The Kier molecular flexibility index (Phi) is 5.08. The Morgan fingerprint density at radius 1 is 1.16 bits per heavy atom. The van der Waals surface area contributed by atoms with Crippen molar-refractivity contribution < 1.29 is 18.4 Å². The lowest BCUT2D eigenvalue weighted by Crippen LogP contribution is -2.28. The molecule has 2 aromatic carbocycles. The summed E-state index contributed by atoms with van der Waals surface area (Å²) in [5, 5.41) is 4.69. The summed E-state index contributed by atoms with van der Waals surface area (Å²) in [5.41, 5.74) is 0.553. The van der Waals surface area contributed by atoms with E-state index in [1.54, 1.807) is 6.07 Å². The van der Waals surface area contributed by atoms with Crippen molar-refractivity contribution in [1.82, 2.24) is 5.32 Å². The highest BCUT2D eigenvalue weighted by Gasteiger charge is 2.32. The topological polar surface area (TPSA) is 70.6 Å². The van der Waals surface area contributed by atoms with Crippen LogP contribution in [0.1, 0.15) is 6.42 Å². The van der Waals surface area contributed by atoms with Gasteiger partial charge in [0.15, 0.2) is 5.17 Å². The molecule has 0 saturated carbocycles. The van der Waals surface area contributed by atoms with Gasteiger partial charge < -0.3 is 10.6 Å². The second-order valence-electron chi connectivity index (χ2n) is 5.22. The van der Waals surface area contributed by atoms with Crippen LogP contribution in [0.2, 0.25) is 0 Å². The molecule has 2 N–H and O–H groups in total. The van der Waals surface area contributed by atoms with Crippen LogP contribution in [0.3, 0.4) is 0 Å². The molecule has 25 heavy (non-hydrogen) atoms. The molecule has 1 fully saturated rings. The first-order chi connectivity index (χ1) is 12.0. The predicted octanol–water partition coefficient (Wildman–Crippen LogP) is 3.21. The summed E-state index contributed by atoms with van der Waals surface area (Å²) >= 11 is 1.10. The maximum absolute atomic E-state index is 13.5. The molecule has 1 aliphatic heterocycles. The summed E-state index contributed by atoms with van der Waals surface area (Å²) < 4.78 is 26.4. The first-order valence-corrected chi connectivity index (χ1v) is 8.25. The van der Waals surface area contributed by atoms with Crippen LogP contribution in [-0.2, 0) is 9.59 Å². The molecular weight excluding hydrogens is 348 g/mol. The molecule has 0 bridgehead atoms. The van der Waals surface area contributed by atoms with Gasteiger partial charge in [0.25, 0.3) is 0 Å². The summed E-state index contributed by atoms with van der Waals surface area (Å²) in [6.07, 6.45) is -0.118. The van der Waals surface area contributed by atoms with Gasteiger partial charge in [0.05, 0.1) is 11.4 Å². The first kappa shape index (κ1) is 17.1. The van der Waals surface area contributed by atoms with E-state index in [-0.39, 0.29) is 23.8 Å². The molecule has 1 saturated heterocycles. The summed E-state index contributed by atoms with van der Waals surface area (Å²) in [7, 11) is 0. The van der Waals surface area contributed by atoms with Crippen LogP contribution >= 0.6 is 11.8 Å². The number of rotatable bonds is 4. The second kappa shape index (κ2) is 7.43. The SMILES string of the molecule is O=C(C[C@H]1SC(=Nc2ccc(F)cc2)NC1=O)Nc1ccccc1F. The van der Waals surface area contributed by atoms with Crippen molar-refractivity contribution in [2.24, 2.45) is 4.99 Å². The summed E-state index contributed by atoms with van der Waals surface area (Å²) in [6, 6.07) is 11.3. The number of amidine groups is 1. The average molecular weight is 361 g/mol. The van der Waals surface area contributed by atoms with Crippen LogP contribution < -0.4 is 10.6 Å². The van der Waals surface area contributed by atoms with Crippen LogP contribution in [0.25, 0.3) is 0 Å². The van der Waals surface area contributed by atoms with Gasteiger partial charge in [0, 0.05) is 6.42 Å². The zero-order valence-electron chi connectivity index (χ0n) is 12.8. The third kappa shape index (κ3) is 4.42. The molecule has 0 radical (unpaired) electrons. The molecule has 128 valence electrons. The Morgan fingerprint density at radius 3 is 2.60 bits per heavy atom. The number of aliphatic imine (C=N–C) groups is 1. The maximum atomic E-state index is 13.5. The first-order valence-electron chi connectivity index (χ1n) is 7.37. The van der Waals surface area contributed by atoms with Gasteiger partial charge in [0.2, 0.25) is 11.8 Å². The minimum atomic E-state index is -0.661. The van der Waals surface area contributed by atoms with Gasteiger partial charge in [-0.25, -0.2) is 13.8 Å². The lowest BCUT2D eigenvalue weighted by molar-refractivity contribution is -0.122. The Morgan fingerprint density at radius 2 is 1.88 bits per heavy atom. The van der Waals surface area contributed by atoms with Gasteiger partial charge >= 0.3 is 0 Å². The predicted molar refractivity (Wildman–Crippen MR) is 92.7 cm³/mol. The standard InChI is InChI=1S/C17H13F2N3O2S/c18-10-5-7-11(8-6-10)20-17-22-16(24)14(25-17)9-15(23)21-13-4-2-1-3-12(13)19/h1-8,14H,9H2,(H,21,23)(H,20,22,24)/t14-/m1/s1.